The minimum Gasteiger partial charge on any atom is -0.489 e. The van der Waals surface area contributed by atoms with Gasteiger partial charge in [-0.1, -0.05) is 18.2 Å². The summed E-state index contributed by atoms with van der Waals surface area (Å²) in [6.07, 6.45) is 3.57. The number of hydrogen-bond acceptors (Lipinski definition) is 3. The Morgan fingerprint density at radius 1 is 0.903 bits per heavy atom. The van der Waals surface area contributed by atoms with Crippen LogP contribution in [-0.4, -0.2) is 19.0 Å². The first-order valence-electron chi connectivity index (χ1n) is 11.2. The van der Waals surface area contributed by atoms with E-state index in [9.17, 15) is 4.79 Å². The van der Waals surface area contributed by atoms with Crippen LogP contribution in [0.1, 0.15) is 47.3 Å². The van der Waals surface area contributed by atoms with E-state index in [0.29, 0.717) is 12.2 Å². The molecule has 4 rings (SSSR count). The lowest BCUT2D eigenvalue weighted by Crippen LogP contribution is -2.21. The second-order valence-corrected chi connectivity index (χ2v) is 7.94. The van der Waals surface area contributed by atoms with Crippen LogP contribution in [0.4, 0.5) is 11.4 Å². The average Bonchev–Trinajstić information content (AvgIpc) is 3.28. The number of hydrogen-bond donors (Lipinski definition) is 1. The third-order valence-electron chi connectivity index (χ3n) is 5.95. The number of benzene rings is 3. The van der Waals surface area contributed by atoms with Gasteiger partial charge in [-0.2, -0.15) is 0 Å². The monoisotopic (exact) mass is 414 g/mol. The molecule has 3 aromatic rings. The zero-order valence-corrected chi connectivity index (χ0v) is 18.4. The summed E-state index contributed by atoms with van der Waals surface area (Å²) in [5, 5.41) is 2.97. The average molecular weight is 415 g/mol. The Bertz CT molecular complexity index is 1020. The Hall–Kier alpha value is -3.27. The molecule has 0 aliphatic heterocycles. The van der Waals surface area contributed by atoms with Gasteiger partial charge in [0.15, 0.2) is 0 Å². The molecule has 0 spiro atoms. The van der Waals surface area contributed by atoms with Crippen molar-refractivity contribution < 1.29 is 9.53 Å². The first-order chi connectivity index (χ1) is 15.2. The Morgan fingerprint density at radius 3 is 2.32 bits per heavy atom. The van der Waals surface area contributed by atoms with E-state index in [1.54, 1.807) is 0 Å². The molecule has 4 nitrogen and oxygen atoms in total. The molecule has 0 unspecified atom stereocenters. The van der Waals surface area contributed by atoms with Crippen LogP contribution >= 0.6 is 0 Å². The van der Waals surface area contributed by atoms with Crippen LogP contribution in [0.2, 0.25) is 0 Å². The van der Waals surface area contributed by atoms with Crippen molar-refractivity contribution in [3.63, 3.8) is 0 Å². The summed E-state index contributed by atoms with van der Waals surface area (Å²) in [6.45, 7) is 6.70. The molecule has 0 saturated heterocycles. The third kappa shape index (κ3) is 5.08. The second kappa shape index (κ2) is 9.69. The van der Waals surface area contributed by atoms with E-state index in [1.165, 1.54) is 24.0 Å². The Morgan fingerprint density at radius 2 is 1.61 bits per heavy atom. The van der Waals surface area contributed by atoms with E-state index in [1.807, 2.05) is 48.5 Å². The number of nitrogens with zero attached hydrogens (tertiary/aromatic N) is 1. The number of amides is 1. The maximum Gasteiger partial charge on any atom is 0.255 e. The normalized spacial score (nSPS) is 12.3. The SMILES string of the molecule is CCN(CC)c1ccc(NC(=O)c2ccc(COc3ccc4c(c3)CCC4)cc2)cc1. The highest BCUT2D eigenvalue weighted by molar-refractivity contribution is 6.04. The molecule has 4 heteroatoms. The molecule has 0 aromatic heterocycles. The number of anilines is 2. The maximum atomic E-state index is 12.6. The standard InChI is InChI=1S/C27H30N2O2/c1-3-29(4-2)25-15-13-24(14-16-25)28-27(30)22-10-8-20(9-11-22)19-31-26-17-12-21-6-5-7-23(21)18-26/h8-18H,3-7,19H2,1-2H3,(H,28,30). The van der Waals surface area contributed by atoms with Gasteiger partial charge in [0.05, 0.1) is 0 Å². The van der Waals surface area contributed by atoms with Crippen LogP contribution < -0.4 is 15.0 Å². The van der Waals surface area contributed by atoms with Crippen LogP contribution in [0.3, 0.4) is 0 Å². The number of ether oxygens (including phenoxy) is 1. The summed E-state index contributed by atoms with van der Waals surface area (Å²) in [5.74, 6) is 0.803. The lowest BCUT2D eigenvalue weighted by atomic mass is 10.1. The largest absolute Gasteiger partial charge is 0.489 e. The highest BCUT2D eigenvalue weighted by Crippen LogP contribution is 2.26. The molecular weight excluding hydrogens is 384 g/mol. The molecule has 0 radical (unpaired) electrons. The molecule has 0 heterocycles. The van der Waals surface area contributed by atoms with Crippen molar-refractivity contribution in [2.24, 2.45) is 0 Å². The number of nitrogens with one attached hydrogen (secondary N) is 1. The van der Waals surface area contributed by atoms with Gasteiger partial charge < -0.3 is 15.0 Å². The first kappa shape index (κ1) is 21.0. The number of carbonyl (C=O) groups is 1. The van der Waals surface area contributed by atoms with Crippen LogP contribution in [0.15, 0.2) is 66.7 Å². The van der Waals surface area contributed by atoms with Crippen molar-refractivity contribution in [3.05, 3.63) is 89.0 Å². The molecule has 1 amide bonds. The van der Waals surface area contributed by atoms with Gasteiger partial charge >= 0.3 is 0 Å². The smallest absolute Gasteiger partial charge is 0.255 e. The van der Waals surface area contributed by atoms with Gasteiger partial charge in [-0.3, -0.25) is 4.79 Å². The van der Waals surface area contributed by atoms with Crippen LogP contribution in [0, 0.1) is 0 Å². The molecule has 160 valence electrons. The van der Waals surface area contributed by atoms with E-state index in [4.69, 9.17) is 4.74 Å². The minimum absolute atomic E-state index is 0.110. The molecule has 1 N–H and O–H groups in total. The zero-order chi connectivity index (χ0) is 21.6. The fraction of sp³-hybridized carbons (Fsp3) is 0.296. The Balaban J connectivity index is 1.32. The Kier molecular flexibility index (Phi) is 6.56. The summed E-state index contributed by atoms with van der Waals surface area (Å²) in [4.78, 5) is 14.9. The minimum atomic E-state index is -0.110. The van der Waals surface area contributed by atoms with Gasteiger partial charge in [0.1, 0.15) is 12.4 Å². The fourth-order valence-electron chi connectivity index (χ4n) is 4.10. The summed E-state index contributed by atoms with van der Waals surface area (Å²) in [5.41, 5.74) is 6.50. The zero-order valence-electron chi connectivity index (χ0n) is 18.4. The quantitative estimate of drug-likeness (QED) is 0.502. The fourth-order valence-corrected chi connectivity index (χ4v) is 4.10. The molecule has 0 bridgehead atoms. The topological polar surface area (TPSA) is 41.6 Å². The van der Waals surface area contributed by atoms with Crippen molar-refractivity contribution in [1.29, 1.82) is 0 Å². The highest BCUT2D eigenvalue weighted by atomic mass is 16.5. The maximum absolute atomic E-state index is 12.6. The lowest BCUT2D eigenvalue weighted by Gasteiger charge is -2.21. The van der Waals surface area contributed by atoms with E-state index in [-0.39, 0.29) is 5.91 Å². The van der Waals surface area contributed by atoms with Gasteiger partial charge in [-0.15, -0.1) is 0 Å². The van der Waals surface area contributed by atoms with Gasteiger partial charge in [-0.25, -0.2) is 0 Å². The van der Waals surface area contributed by atoms with Crippen molar-refractivity contribution in [1.82, 2.24) is 0 Å². The molecule has 0 fully saturated rings. The number of carbonyl (C=O) groups excluding carboxylic acids is 1. The lowest BCUT2D eigenvalue weighted by molar-refractivity contribution is 0.102. The van der Waals surface area contributed by atoms with E-state index in [2.05, 4.69) is 42.3 Å². The summed E-state index contributed by atoms with van der Waals surface area (Å²) in [7, 11) is 0. The molecular formula is C27H30N2O2. The van der Waals surface area contributed by atoms with E-state index in [0.717, 1.165) is 42.2 Å². The molecule has 1 aliphatic rings. The van der Waals surface area contributed by atoms with Crippen LogP contribution in [-0.2, 0) is 19.4 Å². The van der Waals surface area contributed by atoms with Gasteiger partial charge in [0.2, 0.25) is 0 Å². The van der Waals surface area contributed by atoms with Crippen molar-refractivity contribution in [2.45, 2.75) is 39.7 Å². The molecule has 31 heavy (non-hydrogen) atoms. The van der Waals surface area contributed by atoms with Crippen LogP contribution in [0.5, 0.6) is 5.75 Å². The second-order valence-electron chi connectivity index (χ2n) is 7.94. The van der Waals surface area contributed by atoms with Crippen molar-refractivity contribution in [2.75, 3.05) is 23.3 Å². The predicted molar refractivity (Wildman–Crippen MR) is 127 cm³/mol. The van der Waals surface area contributed by atoms with Gasteiger partial charge in [0, 0.05) is 30.0 Å². The van der Waals surface area contributed by atoms with E-state index >= 15 is 0 Å². The molecule has 1 aliphatic carbocycles. The third-order valence-corrected chi connectivity index (χ3v) is 5.95. The van der Waals surface area contributed by atoms with Gasteiger partial charge in [-0.05, 0) is 98.3 Å². The summed E-state index contributed by atoms with van der Waals surface area (Å²) in [6, 6.07) is 22.0. The number of aryl methyl sites for hydroxylation is 2. The predicted octanol–water partition coefficient (Wildman–Crippen LogP) is 5.85. The van der Waals surface area contributed by atoms with E-state index < -0.39 is 0 Å². The number of fused-ring (bicyclic) bond motifs is 1. The summed E-state index contributed by atoms with van der Waals surface area (Å²) < 4.78 is 5.96. The van der Waals surface area contributed by atoms with Gasteiger partial charge in [0.25, 0.3) is 5.91 Å². The molecule has 0 saturated carbocycles. The molecule has 3 aromatic carbocycles. The highest BCUT2D eigenvalue weighted by Gasteiger charge is 2.11. The molecule has 0 atom stereocenters. The summed E-state index contributed by atoms with van der Waals surface area (Å²) >= 11 is 0. The Labute approximate surface area is 184 Å². The van der Waals surface area contributed by atoms with Crippen molar-refractivity contribution in [3.8, 4) is 5.75 Å². The number of rotatable bonds is 8. The van der Waals surface area contributed by atoms with Crippen molar-refractivity contribution >= 4 is 17.3 Å². The first-order valence-corrected chi connectivity index (χ1v) is 11.2. The van der Waals surface area contributed by atoms with Crippen LogP contribution in [0.25, 0.3) is 0 Å².